The lowest BCUT2D eigenvalue weighted by atomic mass is 9.90. The molecule has 0 amide bonds. The minimum atomic E-state index is -2.38. The van der Waals surface area contributed by atoms with E-state index in [9.17, 15) is 8.42 Å². The van der Waals surface area contributed by atoms with Crippen molar-refractivity contribution in [2.45, 2.75) is 32.1 Å². The molecule has 1 N–H and O–H groups in total. The number of rotatable bonds is 3. The third kappa shape index (κ3) is 3.72. The van der Waals surface area contributed by atoms with E-state index in [-0.39, 0.29) is 0 Å². The van der Waals surface area contributed by atoms with Gasteiger partial charge in [0.15, 0.2) is 0 Å². The molecule has 3 nitrogen and oxygen atoms in total. The quantitative estimate of drug-likeness (QED) is 0.623. The molecular formula is C7H15NO2S. The lowest BCUT2D eigenvalue weighted by Crippen LogP contribution is -2.23. The molecule has 11 heavy (non-hydrogen) atoms. The van der Waals surface area contributed by atoms with Crippen LogP contribution in [-0.4, -0.2) is 15.0 Å². The Kier molecular flexibility index (Phi) is 3.86. The third-order valence-corrected chi connectivity index (χ3v) is 2.67. The Morgan fingerprint density at radius 1 is 1.18 bits per heavy atom. The molecule has 1 aliphatic rings. The fourth-order valence-corrected chi connectivity index (χ4v) is 2.00. The number of hydrogen-bond donors (Lipinski definition) is 2. The summed E-state index contributed by atoms with van der Waals surface area (Å²) in [6.45, 7) is 0.651. The summed E-state index contributed by atoms with van der Waals surface area (Å²) < 4.78 is 22.8. The van der Waals surface area contributed by atoms with Gasteiger partial charge in [-0.25, -0.2) is 13.1 Å². The molecule has 0 heterocycles. The van der Waals surface area contributed by atoms with Crippen molar-refractivity contribution >= 4 is 10.9 Å². The van der Waals surface area contributed by atoms with Gasteiger partial charge in [-0.15, -0.1) is 0 Å². The molecule has 0 unspecified atom stereocenters. The van der Waals surface area contributed by atoms with E-state index in [0.29, 0.717) is 12.5 Å². The SMILES string of the molecule is O=[SH](=O)NCC1CCCCC1. The van der Waals surface area contributed by atoms with Crippen LogP contribution in [-0.2, 0) is 10.9 Å². The Morgan fingerprint density at radius 2 is 1.82 bits per heavy atom. The maximum Gasteiger partial charge on any atom is 0.201 e. The molecular weight excluding hydrogens is 162 g/mol. The zero-order valence-corrected chi connectivity index (χ0v) is 7.48. The lowest BCUT2D eigenvalue weighted by molar-refractivity contribution is 0.358. The summed E-state index contributed by atoms with van der Waals surface area (Å²) in [6, 6.07) is 0. The average molecular weight is 177 g/mol. The van der Waals surface area contributed by atoms with Gasteiger partial charge < -0.3 is 0 Å². The van der Waals surface area contributed by atoms with Crippen molar-refractivity contribution in [2.24, 2.45) is 5.92 Å². The molecule has 0 spiro atoms. The van der Waals surface area contributed by atoms with Crippen LogP contribution in [0.4, 0.5) is 0 Å². The first kappa shape index (κ1) is 9.00. The maximum atomic E-state index is 10.2. The zero-order chi connectivity index (χ0) is 8.10. The molecule has 66 valence electrons. The fraction of sp³-hybridized carbons (Fsp3) is 1.00. The third-order valence-electron chi connectivity index (χ3n) is 2.23. The molecule has 1 rings (SSSR count). The number of hydrogen-bond acceptors (Lipinski definition) is 2. The second kappa shape index (κ2) is 4.72. The van der Waals surface area contributed by atoms with Crippen LogP contribution in [0.25, 0.3) is 0 Å². The molecule has 0 aromatic carbocycles. The standard InChI is InChI=1S/C7H15NO2S/c9-11(10)8-6-7-4-2-1-3-5-7/h7,11H,1-6H2,(H,8,9,10). The van der Waals surface area contributed by atoms with E-state index in [2.05, 4.69) is 4.72 Å². The monoisotopic (exact) mass is 177 g/mol. The second-order valence-corrected chi connectivity index (χ2v) is 3.95. The van der Waals surface area contributed by atoms with E-state index in [4.69, 9.17) is 0 Å². The Morgan fingerprint density at radius 3 is 2.36 bits per heavy atom. The summed E-state index contributed by atoms with van der Waals surface area (Å²) in [6.07, 6.45) is 6.23. The van der Waals surface area contributed by atoms with Crippen LogP contribution in [0.5, 0.6) is 0 Å². The van der Waals surface area contributed by atoms with Gasteiger partial charge in [-0.2, -0.15) is 0 Å². The molecule has 0 aromatic rings. The first-order chi connectivity index (χ1) is 5.29. The molecule has 0 radical (unpaired) electrons. The van der Waals surface area contributed by atoms with E-state index in [1.807, 2.05) is 0 Å². The van der Waals surface area contributed by atoms with Gasteiger partial charge in [0.2, 0.25) is 10.9 Å². The number of nitrogens with one attached hydrogen (secondary N) is 1. The Hall–Kier alpha value is -0.0900. The van der Waals surface area contributed by atoms with Crippen molar-refractivity contribution in [3.8, 4) is 0 Å². The minimum Gasteiger partial charge on any atom is -0.217 e. The van der Waals surface area contributed by atoms with Crippen LogP contribution < -0.4 is 4.72 Å². The Labute approximate surface area is 69.3 Å². The first-order valence-corrected chi connectivity index (χ1v) is 5.34. The molecule has 0 atom stereocenters. The van der Waals surface area contributed by atoms with Gasteiger partial charge in [0, 0.05) is 6.54 Å². The van der Waals surface area contributed by atoms with E-state index in [1.165, 1.54) is 32.1 Å². The van der Waals surface area contributed by atoms with Crippen LogP contribution in [0.1, 0.15) is 32.1 Å². The predicted octanol–water partition coefficient (Wildman–Crippen LogP) is 0.683. The van der Waals surface area contributed by atoms with Gasteiger partial charge >= 0.3 is 0 Å². The highest BCUT2D eigenvalue weighted by molar-refractivity contribution is 7.70. The van der Waals surface area contributed by atoms with E-state index in [0.717, 1.165) is 0 Å². The molecule has 0 saturated heterocycles. The van der Waals surface area contributed by atoms with Crippen molar-refractivity contribution in [3.63, 3.8) is 0 Å². The molecule has 1 fully saturated rings. The summed E-state index contributed by atoms with van der Waals surface area (Å²) in [5.74, 6) is 0.594. The largest absolute Gasteiger partial charge is 0.217 e. The first-order valence-electron chi connectivity index (χ1n) is 4.17. The van der Waals surface area contributed by atoms with Gasteiger partial charge in [0.25, 0.3) is 0 Å². The maximum absolute atomic E-state index is 10.2. The summed E-state index contributed by atoms with van der Waals surface area (Å²) in [4.78, 5) is 0. The van der Waals surface area contributed by atoms with Gasteiger partial charge in [-0.05, 0) is 18.8 Å². The average Bonchev–Trinajstić information content (AvgIpc) is 2.03. The van der Waals surface area contributed by atoms with E-state index < -0.39 is 10.9 Å². The van der Waals surface area contributed by atoms with Crippen molar-refractivity contribution in [2.75, 3.05) is 6.54 Å². The minimum absolute atomic E-state index is 0.594. The lowest BCUT2D eigenvalue weighted by Gasteiger charge is -2.20. The summed E-state index contributed by atoms with van der Waals surface area (Å²) in [5.41, 5.74) is 0. The van der Waals surface area contributed by atoms with Crippen LogP contribution >= 0.6 is 0 Å². The van der Waals surface area contributed by atoms with Crippen LogP contribution in [0, 0.1) is 5.92 Å². The normalized spacial score (nSPS) is 20.8. The van der Waals surface area contributed by atoms with Crippen molar-refractivity contribution in [3.05, 3.63) is 0 Å². The van der Waals surface area contributed by atoms with Crippen molar-refractivity contribution in [1.82, 2.24) is 4.72 Å². The van der Waals surface area contributed by atoms with E-state index >= 15 is 0 Å². The Bertz CT molecular complexity index is 165. The summed E-state index contributed by atoms with van der Waals surface area (Å²) in [7, 11) is -2.38. The molecule has 0 aromatic heterocycles. The highest BCUT2D eigenvalue weighted by atomic mass is 32.2. The highest BCUT2D eigenvalue weighted by Gasteiger charge is 2.12. The molecule has 0 bridgehead atoms. The van der Waals surface area contributed by atoms with Crippen molar-refractivity contribution in [1.29, 1.82) is 0 Å². The fourth-order valence-electron chi connectivity index (χ4n) is 1.59. The van der Waals surface area contributed by atoms with Crippen LogP contribution in [0.15, 0.2) is 0 Å². The van der Waals surface area contributed by atoms with Crippen LogP contribution in [0.3, 0.4) is 0 Å². The van der Waals surface area contributed by atoms with Gasteiger partial charge in [0.1, 0.15) is 0 Å². The van der Waals surface area contributed by atoms with Crippen molar-refractivity contribution < 1.29 is 8.42 Å². The van der Waals surface area contributed by atoms with Crippen LogP contribution in [0.2, 0.25) is 0 Å². The summed E-state index contributed by atoms with van der Waals surface area (Å²) in [5, 5.41) is 0. The van der Waals surface area contributed by atoms with Gasteiger partial charge in [-0.1, -0.05) is 19.3 Å². The van der Waals surface area contributed by atoms with Gasteiger partial charge in [0.05, 0.1) is 0 Å². The Balaban J connectivity index is 2.14. The van der Waals surface area contributed by atoms with Gasteiger partial charge in [-0.3, -0.25) is 0 Å². The number of thiol groups is 1. The zero-order valence-electron chi connectivity index (χ0n) is 6.58. The molecule has 4 heteroatoms. The molecule has 1 aliphatic carbocycles. The smallest absolute Gasteiger partial charge is 0.201 e. The predicted molar refractivity (Wildman–Crippen MR) is 44.9 cm³/mol. The molecule has 1 saturated carbocycles. The topological polar surface area (TPSA) is 46.2 Å². The summed E-state index contributed by atoms with van der Waals surface area (Å²) >= 11 is 0. The highest BCUT2D eigenvalue weighted by Crippen LogP contribution is 2.22. The second-order valence-electron chi connectivity index (χ2n) is 3.12. The van der Waals surface area contributed by atoms with E-state index in [1.54, 1.807) is 0 Å². The molecule has 0 aliphatic heterocycles.